The molecule has 0 atom stereocenters. The van der Waals surface area contributed by atoms with Crippen LogP contribution in [0.3, 0.4) is 0 Å². The van der Waals surface area contributed by atoms with E-state index in [2.05, 4.69) is 45.7 Å². The Kier molecular flexibility index (Phi) is 9.14. The molecule has 1 heterocycles. The van der Waals surface area contributed by atoms with Gasteiger partial charge < -0.3 is 15.5 Å². The smallest absolute Gasteiger partial charge is 0.191 e. The number of rotatable bonds is 6. The van der Waals surface area contributed by atoms with Crippen molar-refractivity contribution in [2.45, 2.75) is 20.0 Å². The molecule has 0 spiro atoms. The second-order valence-corrected chi connectivity index (χ2v) is 5.45. The van der Waals surface area contributed by atoms with E-state index < -0.39 is 0 Å². The van der Waals surface area contributed by atoms with Crippen LogP contribution in [-0.4, -0.2) is 31.6 Å². The summed E-state index contributed by atoms with van der Waals surface area (Å²) in [5.74, 6) is 1.76. The third kappa shape index (κ3) is 6.74. The summed E-state index contributed by atoms with van der Waals surface area (Å²) in [6, 6.07) is 14.4. The van der Waals surface area contributed by atoms with Crippen LogP contribution in [0.1, 0.15) is 18.1 Å². The predicted molar refractivity (Wildman–Crippen MR) is 112 cm³/mol. The van der Waals surface area contributed by atoms with Crippen LogP contribution in [0.4, 0.5) is 5.82 Å². The van der Waals surface area contributed by atoms with Gasteiger partial charge in [0.1, 0.15) is 5.82 Å². The van der Waals surface area contributed by atoms with Gasteiger partial charge in [-0.15, -0.1) is 24.0 Å². The standard InChI is InChI=1S/C18H25N5.HI/c1-4-19-18(21-13-15-8-6-5-7-9-15)22-14-16-10-11-20-17(12-16)23(2)3;/h5-12H,4,13-14H2,1-3H3,(H2,19,21,22);1H. The van der Waals surface area contributed by atoms with Crippen molar-refractivity contribution in [1.29, 1.82) is 0 Å². The maximum Gasteiger partial charge on any atom is 0.191 e. The fraction of sp³-hybridized carbons (Fsp3) is 0.333. The van der Waals surface area contributed by atoms with E-state index >= 15 is 0 Å². The quantitative estimate of drug-likeness (QED) is 0.413. The molecule has 0 fully saturated rings. The van der Waals surface area contributed by atoms with Gasteiger partial charge in [-0.2, -0.15) is 0 Å². The van der Waals surface area contributed by atoms with E-state index in [4.69, 9.17) is 0 Å². The van der Waals surface area contributed by atoms with E-state index in [1.807, 2.05) is 49.5 Å². The van der Waals surface area contributed by atoms with Crippen molar-refractivity contribution in [2.75, 3.05) is 25.5 Å². The maximum atomic E-state index is 4.65. The summed E-state index contributed by atoms with van der Waals surface area (Å²) >= 11 is 0. The van der Waals surface area contributed by atoms with Gasteiger partial charge in [0.2, 0.25) is 0 Å². The number of benzene rings is 1. The number of anilines is 1. The summed E-state index contributed by atoms with van der Waals surface area (Å²) in [6.07, 6.45) is 1.82. The summed E-state index contributed by atoms with van der Waals surface area (Å²) in [5, 5.41) is 6.63. The average Bonchev–Trinajstić information content (AvgIpc) is 2.58. The molecular formula is C18H26IN5. The molecule has 2 rings (SSSR count). The summed E-state index contributed by atoms with van der Waals surface area (Å²) in [4.78, 5) is 11.0. The monoisotopic (exact) mass is 439 g/mol. The first-order valence-corrected chi connectivity index (χ1v) is 7.87. The van der Waals surface area contributed by atoms with E-state index in [-0.39, 0.29) is 24.0 Å². The Morgan fingerprint density at radius 2 is 1.83 bits per heavy atom. The Morgan fingerprint density at radius 1 is 1.08 bits per heavy atom. The van der Waals surface area contributed by atoms with Gasteiger partial charge in [0, 0.05) is 33.4 Å². The van der Waals surface area contributed by atoms with Crippen LogP contribution in [0.15, 0.2) is 53.7 Å². The van der Waals surface area contributed by atoms with Crippen LogP contribution >= 0.6 is 24.0 Å². The lowest BCUT2D eigenvalue weighted by Gasteiger charge is -2.13. The molecule has 0 amide bonds. The molecule has 0 bridgehead atoms. The number of nitrogens with one attached hydrogen (secondary N) is 2. The third-order valence-electron chi connectivity index (χ3n) is 3.33. The molecule has 0 saturated carbocycles. The van der Waals surface area contributed by atoms with Crippen LogP contribution in [0.5, 0.6) is 0 Å². The van der Waals surface area contributed by atoms with Crippen LogP contribution in [0.25, 0.3) is 0 Å². The largest absolute Gasteiger partial charge is 0.363 e. The fourth-order valence-corrected chi connectivity index (χ4v) is 2.10. The Bertz CT molecular complexity index is 628. The minimum absolute atomic E-state index is 0. The normalized spacial score (nSPS) is 10.7. The van der Waals surface area contributed by atoms with Gasteiger partial charge in [-0.25, -0.2) is 9.98 Å². The van der Waals surface area contributed by atoms with Crippen molar-refractivity contribution in [1.82, 2.24) is 15.6 Å². The highest BCUT2D eigenvalue weighted by atomic mass is 127. The topological polar surface area (TPSA) is 52.6 Å². The predicted octanol–water partition coefficient (Wildman–Crippen LogP) is 3.02. The van der Waals surface area contributed by atoms with Gasteiger partial charge in [0.05, 0.1) is 6.54 Å². The molecule has 0 unspecified atom stereocenters. The number of pyridine rings is 1. The van der Waals surface area contributed by atoms with Crippen LogP contribution in [0.2, 0.25) is 0 Å². The number of hydrogen-bond donors (Lipinski definition) is 2. The van der Waals surface area contributed by atoms with E-state index in [0.29, 0.717) is 6.54 Å². The van der Waals surface area contributed by atoms with Gasteiger partial charge >= 0.3 is 0 Å². The first kappa shape index (κ1) is 20.2. The molecule has 0 aliphatic heterocycles. The molecule has 0 aliphatic rings. The van der Waals surface area contributed by atoms with Gasteiger partial charge in [-0.3, -0.25) is 0 Å². The molecule has 2 aromatic rings. The number of hydrogen-bond acceptors (Lipinski definition) is 3. The minimum Gasteiger partial charge on any atom is -0.363 e. The molecule has 0 aliphatic carbocycles. The Labute approximate surface area is 161 Å². The fourth-order valence-electron chi connectivity index (χ4n) is 2.10. The first-order chi connectivity index (χ1) is 11.2. The van der Waals surface area contributed by atoms with Crippen molar-refractivity contribution >= 4 is 35.8 Å². The molecule has 24 heavy (non-hydrogen) atoms. The molecule has 130 valence electrons. The molecule has 5 nitrogen and oxygen atoms in total. The van der Waals surface area contributed by atoms with Gasteiger partial charge in [0.25, 0.3) is 0 Å². The second kappa shape index (κ2) is 10.9. The van der Waals surface area contributed by atoms with E-state index in [9.17, 15) is 0 Å². The highest BCUT2D eigenvalue weighted by Gasteiger charge is 2.01. The van der Waals surface area contributed by atoms with E-state index in [1.165, 1.54) is 5.56 Å². The zero-order chi connectivity index (χ0) is 16.5. The first-order valence-electron chi connectivity index (χ1n) is 7.87. The molecule has 6 heteroatoms. The summed E-state index contributed by atoms with van der Waals surface area (Å²) in [6.45, 7) is 4.27. The minimum atomic E-state index is 0. The number of guanidine groups is 1. The summed E-state index contributed by atoms with van der Waals surface area (Å²) in [5.41, 5.74) is 2.37. The van der Waals surface area contributed by atoms with Crippen molar-refractivity contribution < 1.29 is 0 Å². The molecule has 1 aromatic carbocycles. The van der Waals surface area contributed by atoms with Crippen LogP contribution < -0.4 is 15.5 Å². The number of aromatic nitrogens is 1. The molecule has 0 saturated heterocycles. The molecule has 1 aromatic heterocycles. The number of halogens is 1. The average molecular weight is 439 g/mol. The second-order valence-electron chi connectivity index (χ2n) is 5.45. The van der Waals surface area contributed by atoms with Gasteiger partial charge in [-0.1, -0.05) is 30.3 Å². The van der Waals surface area contributed by atoms with Crippen LogP contribution in [-0.2, 0) is 13.1 Å². The van der Waals surface area contributed by atoms with Gasteiger partial charge in [-0.05, 0) is 30.2 Å². The zero-order valence-corrected chi connectivity index (χ0v) is 16.8. The lowest BCUT2D eigenvalue weighted by Crippen LogP contribution is -2.36. The maximum absolute atomic E-state index is 4.65. The highest BCUT2D eigenvalue weighted by Crippen LogP contribution is 2.10. The Balaban J connectivity index is 0.00000288. The van der Waals surface area contributed by atoms with Crippen LogP contribution in [0, 0.1) is 0 Å². The lowest BCUT2D eigenvalue weighted by atomic mass is 10.2. The summed E-state index contributed by atoms with van der Waals surface area (Å²) < 4.78 is 0. The number of nitrogens with zero attached hydrogens (tertiary/aromatic N) is 3. The van der Waals surface area contributed by atoms with Gasteiger partial charge in [0.15, 0.2) is 5.96 Å². The summed E-state index contributed by atoms with van der Waals surface area (Å²) in [7, 11) is 3.97. The lowest BCUT2D eigenvalue weighted by molar-refractivity contribution is 0.816. The molecular weight excluding hydrogens is 413 g/mol. The van der Waals surface area contributed by atoms with Crippen molar-refractivity contribution in [3.05, 3.63) is 59.8 Å². The molecule has 2 N–H and O–H groups in total. The SMILES string of the molecule is CCNC(=NCc1ccnc(N(C)C)c1)NCc1ccccc1.I. The highest BCUT2D eigenvalue weighted by molar-refractivity contribution is 14.0. The molecule has 0 radical (unpaired) electrons. The van der Waals surface area contributed by atoms with Crippen molar-refractivity contribution in [3.8, 4) is 0 Å². The Morgan fingerprint density at radius 3 is 2.50 bits per heavy atom. The number of aliphatic imine (C=N–C) groups is 1. The zero-order valence-electron chi connectivity index (χ0n) is 14.5. The third-order valence-corrected chi connectivity index (χ3v) is 3.33. The van der Waals surface area contributed by atoms with E-state index in [0.717, 1.165) is 30.4 Å². The Hall–Kier alpha value is -1.83. The van der Waals surface area contributed by atoms with E-state index in [1.54, 1.807) is 0 Å². The van der Waals surface area contributed by atoms with Crippen molar-refractivity contribution in [3.63, 3.8) is 0 Å². The van der Waals surface area contributed by atoms with Crippen molar-refractivity contribution in [2.24, 2.45) is 4.99 Å².